The minimum Gasteiger partial charge on any atom is -0.292 e. The summed E-state index contributed by atoms with van der Waals surface area (Å²) < 4.78 is 15.0. The maximum absolute atomic E-state index is 13.1. The summed E-state index contributed by atoms with van der Waals surface area (Å²) in [6, 6.07) is 11.3. The summed E-state index contributed by atoms with van der Waals surface area (Å²) in [5, 5.41) is 5.29. The first-order valence-electron chi connectivity index (χ1n) is 9.08. The molecular weight excluding hydrogens is 389 g/mol. The van der Waals surface area contributed by atoms with Crippen molar-refractivity contribution in [3.8, 4) is 11.3 Å². The van der Waals surface area contributed by atoms with E-state index in [2.05, 4.69) is 16.1 Å². The van der Waals surface area contributed by atoms with Gasteiger partial charge in [0.15, 0.2) is 11.3 Å². The van der Waals surface area contributed by atoms with Gasteiger partial charge in [0.25, 0.3) is 5.56 Å². The number of Topliss-reactive ketones (excluding diaryl/α,β-unsaturated/α-hetero) is 1. The topological polar surface area (TPSA) is 64.8 Å². The number of rotatable bonds is 4. The van der Waals surface area contributed by atoms with Crippen LogP contribution in [0.4, 0.5) is 4.39 Å². The number of benzene rings is 2. The summed E-state index contributed by atoms with van der Waals surface area (Å²) in [5.41, 5.74) is 3.91. The Morgan fingerprint density at radius 2 is 1.83 bits per heavy atom. The lowest BCUT2D eigenvalue weighted by atomic mass is 10.0. The summed E-state index contributed by atoms with van der Waals surface area (Å²) in [4.78, 5) is 29.9. The third kappa shape index (κ3) is 3.61. The quantitative estimate of drug-likeness (QED) is 0.468. The molecule has 0 radical (unpaired) electrons. The number of hydrogen-bond donors (Lipinski definition) is 0. The fraction of sp³-hybridized carbons (Fsp3) is 0.182. The van der Waals surface area contributed by atoms with Gasteiger partial charge in [-0.15, -0.1) is 11.3 Å². The molecule has 2 aromatic heterocycles. The predicted octanol–water partition coefficient (Wildman–Crippen LogP) is 4.47. The Labute approximate surface area is 170 Å². The summed E-state index contributed by atoms with van der Waals surface area (Å²) in [6.07, 6.45) is 0. The van der Waals surface area contributed by atoms with E-state index in [4.69, 9.17) is 0 Å². The number of fused-ring (bicyclic) bond motifs is 1. The Balaban J connectivity index is 1.86. The maximum Gasteiger partial charge on any atom is 0.294 e. The number of carbonyl (C=O) groups excluding carboxylic acids is 1. The lowest BCUT2D eigenvalue weighted by Gasteiger charge is -2.11. The SMILES string of the molecule is Cc1ccc(-c2nn(CC(=O)c3ccc(F)cc3)c(=O)c3nc(C)sc23)c(C)c1. The van der Waals surface area contributed by atoms with Crippen LogP contribution in [0.15, 0.2) is 47.3 Å². The molecule has 5 nitrogen and oxygen atoms in total. The van der Waals surface area contributed by atoms with Crippen LogP contribution in [-0.4, -0.2) is 20.5 Å². The van der Waals surface area contributed by atoms with Gasteiger partial charge in [-0.3, -0.25) is 9.59 Å². The lowest BCUT2D eigenvalue weighted by molar-refractivity contribution is 0.0966. The minimum absolute atomic E-state index is 0.241. The minimum atomic E-state index is -0.423. The molecule has 0 amide bonds. The van der Waals surface area contributed by atoms with Crippen molar-refractivity contribution in [1.82, 2.24) is 14.8 Å². The number of ketones is 1. The first-order chi connectivity index (χ1) is 13.8. The number of aromatic nitrogens is 3. The van der Waals surface area contributed by atoms with Crippen molar-refractivity contribution in [3.05, 3.63) is 80.3 Å². The van der Waals surface area contributed by atoms with Crippen molar-refractivity contribution in [2.75, 3.05) is 0 Å². The number of aryl methyl sites for hydroxylation is 3. The maximum atomic E-state index is 13.1. The van der Waals surface area contributed by atoms with Gasteiger partial charge >= 0.3 is 0 Å². The first-order valence-corrected chi connectivity index (χ1v) is 9.90. The van der Waals surface area contributed by atoms with Crippen LogP contribution >= 0.6 is 11.3 Å². The Morgan fingerprint density at radius 3 is 2.52 bits per heavy atom. The Morgan fingerprint density at radius 1 is 1.10 bits per heavy atom. The number of nitrogens with zero attached hydrogens (tertiary/aromatic N) is 3. The van der Waals surface area contributed by atoms with Crippen molar-refractivity contribution in [2.24, 2.45) is 0 Å². The van der Waals surface area contributed by atoms with Crippen LogP contribution in [0.25, 0.3) is 21.5 Å². The van der Waals surface area contributed by atoms with Gasteiger partial charge < -0.3 is 0 Å². The predicted molar refractivity (Wildman–Crippen MR) is 112 cm³/mol. The van der Waals surface area contributed by atoms with Crippen LogP contribution in [0, 0.1) is 26.6 Å². The van der Waals surface area contributed by atoms with E-state index in [-0.39, 0.29) is 12.3 Å². The van der Waals surface area contributed by atoms with Crippen molar-refractivity contribution in [2.45, 2.75) is 27.3 Å². The monoisotopic (exact) mass is 407 g/mol. The summed E-state index contributed by atoms with van der Waals surface area (Å²) in [6.45, 7) is 5.60. The van der Waals surface area contributed by atoms with Gasteiger partial charge in [0.1, 0.15) is 18.1 Å². The molecule has 29 heavy (non-hydrogen) atoms. The zero-order chi connectivity index (χ0) is 20.7. The van der Waals surface area contributed by atoms with Crippen molar-refractivity contribution >= 4 is 27.3 Å². The molecule has 0 saturated heterocycles. The Bertz CT molecular complexity index is 1310. The summed E-state index contributed by atoms with van der Waals surface area (Å²) in [5.74, 6) is -0.745. The van der Waals surface area contributed by atoms with Gasteiger partial charge in [0.2, 0.25) is 0 Å². The largest absolute Gasteiger partial charge is 0.294 e. The van der Waals surface area contributed by atoms with Crippen molar-refractivity contribution in [3.63, 3.8) is 0 Å². The average Bonchev–Trinajstić information content (AvgIpc) is 3.07. The first kappa shape index (κ1) is 19.1. The van der Waals surface area contributed by atoms with Gasteiger partial charge in [0.05, 0.1) is 9.71 Å². The molecule has 4 aromatic rings. The fourth-order valence-electron chi connectivity index (χ4n) is 3.29. The molecule has 4 rings (SSSR count). The highest BCUT2D eigenvalue weighted by Gasteiger charge is 2.19. The average molecular weight is 407 g/mol. The lowest BCUT2D eigenvalue weighted by Crippen LogP contribution is -2.27. The van der Waals surface area contributed by atoms with Crippen molar-refractivity contribution in [1.29, 1.82) is 0 Å². The summed E-state index contributed by atoms with van der Waals surface area (Å²) >= 11 is 1.41. The third-order valence-electron chi connectivity index (χ3n) is 4.70. The van der Waals surface area contributed by atoms with E-state index in [9.17, 15) is 14.0 Å². The van der Waals surface area contributed by atoms with Gasteiger partial charge in [-0.2, -0.15) is 5.10 Å². The second-order valence-electron chi connectivity index (χ2n) is 6.97. The molecule has 0 atom stereocenters. The standard InChI is InChI=1S/C22H18FN3O2S/c1-12-4-9-17(13(2)10-12)19-21-20(24-14(3)29-21)22(28)26(25-19)11-18(27)15-5-7-16(23)8-6-15/h4-10H,11H2,1-3H3. The molecule has 0 aliphatic carbocycles. The number of hydrogen-bond acceptors (Lipinski definition) is 5. The van der Waals surface area contributed by atoms with E-state index in [1.807, 2.05) is 32.9 Å². The third-order valence-corrected chi connectivity index (χ3v) is 5.68. The van der Waals surface area contributed by atoms with Gasteiger partial charge in [0, 0.05) is 11.1 Å². The van der Waals surface area contributed by atoms with Gasteiger partial charge in [-0.05, 0) is 50.6 Å². The highest BCUT2D eigenvalue weighted by molar-refractivity contribution is 7.19. The van der Waals surface area contributed by atoms with Crippen LogP contribution in [0.3, 0.4) is 0 Å². The molecule has 0 saturated carbocycles. The molecule has 2 aromatic carbocycles. The van der Waals surface area contributed by atoms with Crippen molar-refractivity contribution < 1.29 is 9.18 Å². The van der Waals surface area contributed by atoms with Crippen LogP contribution in [0.2, 0.25) is 0 Å². The van der Waals surface area contributed by atoms with E-state index in [0.717, 1.165) is 26.4 Å². The fourth-order valence-corrected chi connectivity index (χ4v) is 4.20. The molecule has 0 unspecified atom stereocenters. The number of thiazole rings is 1. The molecule has 0 aliphatic heterocycles. The molecule has 7 heteroatoms. The number of carbonyl (C=O) groups is 1. The second kappa shape index (κ2) is 7.33. The molecule has 0 spiro atoms. The second-order valence-corrected chi connectivity index (χ2v) is 8.17. The molecule has 0 N–H and O–H groups in total. The smallest absolute Gasteiger partial charge is 0.292 e. The van der Waals surface area contributed by atoms with Crippen LogP contribution in [0.1, 0.15) is 26.5 Å². The van der Waals surface area contributed by atoms with Crippen LogP contribution < -0.4 is 5.56 Å². The zero-order valence-electron chi connectivity index (χ0n) is 16.2. The Hall–Kier alpha value is -3.19. The van der Waals surface area contributed by atoms with E-state index < -0.39 is 11.4 Å². The van der Waals surface area contributed by atoms with E-state index in [1.54, 1.807) is 0 Å². The summed E-state index contributed by atoms with van der Waals surface area (Å²) in [7, 11) is 0. The number of halogens is 1. The Kier molecular flexibility index (Phi) is 4.84. The molecule has 0 bridgehead atoms. The molecule has 146 valence electrons. The van der Waals surface area contributed by atoms with Crippen LogP contribution in [0.5, 0.6) is 0 Å². The van der Waals surface area contributed by atoms with Crippen LogP contribution in [-0.2, 0) is 6.54 Å². The zero-order valence-corrected chi connectivity index (χ0v) is 17.0. The highest BCUT2D eigenvalue weighted by Crippen LogP contribution is 2.31. The normalized spacial score (nSPS) is 11.2. The highest BCUT2D eigenvalue weighted by atomic mass is 32.1. The molecule has 0 aliphatic rings. The van der Waals surface area contributed by atoms with Gasteiger partial charge in [-0.1, -0.05) is 23.8 Å². The van der Waals surface area contributed by atoms with E-state index in [0.29, 0.717) is 21.5 Å². The molecule has 0 fully saturated rings. The molecule has 2 heterocycles. The van der Waals surface area contributed by atoms with Gasteiger partial charge in [-0.25, -0.2) is 14.1 Å². The molecular formula is C22H18FN3O2S. The van der Waals surface area contributed by atoms with E-state index >= 15 is 0 Å². The van der Waals surface area contributed by atoms with E-state index in [1.165, 1.54) is 35.6 Å².